The lowest BCUT2D eigenvalue weighted by atomic mass is 10.1. The summed E-state index contributed by atoms with van der Waals surface area (Å²) in [5.74, 6) is -0.744. The SMILES string of the molecule is CN(CCCCCCN1C(=O)c2ccccc2C1=O)CCC1COC(C)(C)O1. The molecule has 0 aromatic heterocycles. The summed E-state index contributed by atoms with van der Waals surface area (Å²) in [6.45, 7) is 7.15. The number of hydrogen-bond acceptors (Lipinski definition) is 5. The highest BCUT2D eigenvalue weighted by molar-refractivity contribution is 6.21. The maximum atomic E-state index is 12.3. The standard InChI is InChI=1S/C22H32N2O4/c1-22(2)27-16-17(28-22)12-15-23(3)13-8-4-5-9-14-24-20(25)18-10-6-7-11-19(18)21(24)26/h6-7,10-11,17H,4-5,8-9,12-16H2,1-3H3. The number of amides is 2. The molecule has 1 unspecified atom stereocenters. The highest BCUT2D eigenvalue weighted by atomic mass is 16.7. The quantitative estimate of drug-likeness (QED) is 0.455. The number of carbonyl (C=O) groups is 2. The Bertz CT molecular complexity index is 669. The van der Waals surface area contributed by atoms with Gasteiger partial charge in [0, 0.05) is 13.1 Å². The molecule has 0 bridgehead atoms. The number of fused-ring (bicyclic) bond motifs is 1. The Kier molecular flexibility index (Phi) is 6.86. The molecule has 2 aliphatic rings. The second kappa shape index (κ2) is 9.16. The minimum Gasteiger partial charge on any atom is -0.348 e. The van der Waals surface area contributed by atoms with Gasteiger partial charge in [0.1, 0.15) is 0 Å². The highest BCUT2D eigenvalue weighted by Gasteiger charge is 2.34. The normalized spacial score (nSPS) is 21.0. The first kappa shape index (κ1) is 21.0. The summed E-state index contributed by atoms with van der Waals surface area (Å²) >= 11 is 0. The van der Waals surface area contributed by atoms with E-state index in [0.717, 1.165) is 45.2 Å². The van der Waals surface area contributed by atoms with Gasteiger partial charge in [0.25, 0.3) is 11.8 Å². The third-order valence-corrected chi connectivity index (χ3v) is 5.45. The van der Waals surface area contributed by atoms with Crippen molar-refractivity contribution in [2.45, 2.75) is 57.8 Å². The first-order valence-electron chi connectivity index (χ1n) is 10.3. The molecule has 154 valence electrons. The molecule has 0 spiro atoms. The third kappa shape index (κ3) is 5.19. The molecule has 3 rings (SSSR count). The zero-order valence-corrected chi connectivity index (χ0v) is 17.3. The average molecular weight is 389 g/mol. The zero-order chi connectivity index (χ0) is 20.1. The molecule has 2 amide bonds. The molecule has 0 aliphatic carbocycles. The van der Waals surface area contributed by atoms with E-state index >= 15 is 0 Å². The molecule has 2 aliphatic heterocycles. The van der Waals surface area contributed by atoms with Crippen LogP contribution in [0.5, 0.6) is 0 Å². The Labute approximate surface area is 167 Å². The summed E-state index contributed by atoms with van der Waals surface area (Å²) in [6, 6.07) is 7.07. The molecule has 1 aromatic carbocycles. The van der Waals surface area contributed by atoms with Crippen LogP contribution in [0.25, 0.3) is 0 Å². The van der Waals surface area contributed by atoms with E-state index in [2.05, 4.69) is 11.9 Å². The minimum absolute atomic E-state index is 0.151. The van der Waals surface area contributed by atoms with Gasteiger partial charge in [-0.25, -0.2) is 0 Å². The van der Waals surface area contributed by atoms with Crippen molar-refractivity contribution in [2.24, 2.45) is 0 Å². The van der Waals surface area contributed by atoms with Crippen molar-refractivity contribution in [3.05, 3.63) is 35.4 Å². The van der Waals surface area contributed by atoms with Crippen LogP contribution < -0.4 is 0 Å². The van der Waals surface area contributed by atoms with E-state index in [9.17, 15) is 9.59 Å². The maximum absolute atomic E-state index is 12.3. The van der Waals surface area contributed by atoms with Crippen molar-refractivity contribution >= 4 is 11.8 Å². The molecule has 1 atom stereocenters. The van der Waals surface area contributed by atoms with Crippen LogP contribution in [-0.2, 0) is 9.47 Å². The van der Waals surface area contributed by atoms with E-state index < -0.39 is 5.79 Å². The molecule has 1 fully saturated rings. The first-order valence-corrected chi connectivity index (χ1v) is 10.3. The van der Waals surface area contributed by atoms with Crippen molar-refractivity contribution in [1.29, 1.82) is 0 Å². The third-order valence-electron chi connectivity index (χ3n) is 5.45. The summed E-state index contributed by atoms with van der Waals surface area (Å²) in [4.78, 5) is 28.4. The number of hydrogen-bond donors (Lipinski definition) is 0. The van der Waals surface area contributed by atoms with E-state index in [-0.39, 0.29) is 17.9 Å². The second-order valence-electron chi connectivity index (χ2n) is 8.26. The summed E-state index contributed by atoms with van der Waals surface area (Å²) in [6.07, 6.45) is 5.28. The van der Waals surface area contributed by atoms with Gasteiger partial charge in [-0.2, -0.15) is 0 Å². The number of imide groups is 1. The fraction of sp³-hybridized carbons (Fsp3) is 0.636. The van der Waals surface area contributed by atoms with Crippen LogP contribution in [0.1, 0.15) is 66.7 Å². The van der Waals surface area contributed by atoms with Gasteiger partial charge in [-0.3, -0.25) is 14.5 Å². The van der Waals surface area contributed by atoms with Gasteiger partial charge in [0.05, 0.1) is 23.8 Å². The summed E-state index contributed by atoms with van der Waals surface area (Å²) in [5, 5.41) is 0. The number of benzene rings is 1. The van der Waals surface area contributed by atoms with E-state index in [0.29, 0.717) is 24.3 Å². The average Bonchev–Trinajstić information content (AvgIpc) is 3.14. The zero-order valence-electron chi connectivity index (χ0n) is 17.3. The Morgan fingerprint density at radius 3 is 2.29 bits per heavy atom. The molecule has 6 nitrogen and oxygen atoms in total. The van der Waals surface area contributed by atoms with Crippen LogP contribution in [0.3, 0.4) is 0 Å². The largest absolute Gasteiger partial charge is 0.348 e. The van der Waals surface area contributed by atoms with Crippen LogP contribution in [0, 0.1) is 0 Å². The topological polar surface area (TPSA) is 59.1 Å². The Balaban J connectivity index is 1.26. The van der Waals surface area contributed by atoms with Gasteiger partial charge in [-0.05, 0) is 58.8 Å². The fourth-order valence-corrected chi connectivity index (χ4v) is 3.83. The Hall–Kier alpha value is -1.76. The Morgan fingerprint density at radius 2 is 1.68 bits per heavy atom. The van der Waals surface area contributed by atoms with E-state index in [1.54, 1.807) is 24.3 Å². The lowest BCUT2D eigenvalue weighted by Gasteiger charge is -2.20. The second-order valence-corrected chi connectivity index (χ2v) is 8.26. The number of ether oxygens (including phenoxy) is 2. The molecule has 2 heterocycles. The predicted molar refractivity (Wildman–Crippen MR) is 107 cm³/mol. The molecule has 1 aromatic rings. The molecule has 0 saturated carbocycles. The minimum atomic E-state index is -0.442. The van der Waals surface area contributed by atoms with E-state index in [1.165, 1.54) is 4.90 Å². The lowest BCUT2D eigenvalue weighted by Crippen LogP contribution is -2.30. The van der Waals surface area contributed by atoms with Gasteiger partial charge < -0.3 is 14.4 Å². The first-order chi connectivity index (χ1) is 13.4. The predicted octanol–water partition coefficient (Wildman–Crippen LogP) is 3.32. The van der Waals surface area contributed by atoms with E-state index in [1.807, 2.05) is 13.8 Å². The number of unbranched alkanes of at least 4 members (excludes halogenated alkanes) is 3. The number of carbonyl (C=O) groups excluding carboxylic acids is 2. The lowest BCUT2D eigenvalue weighted by molar-refractivity contribution is -0.139. The molecule has 0 radical (unpaired) electrons. The van der Waals surface area contributed by atoms with Crippen molar-refractivity contribution < 1.29 is 19.1 Å². The molecule has 6 heteroatoms. The van der Waals surface area contributed by atoms with Gasteiger partial charge in [-0.1, -0.05) is 25.0 Å². The van der Waals surface area contributed by atoms with Crippen molar-refractivity contribution in [1.82, 2.24) is 9.80 Å². The van der Waals surface area contributed by atoms with Crippen LogP contribution in [0.2, 0.25) is 0 Å². The molecular formula is C22H32N2O4. The summed E-state index contributed by atoms with van der Waals surface area (Å²) in [7, 11) is 2.14. The van der Waals surface area contributed by atoms with Crippen molar-refractivity contribution in [3.8, 4) is 0 Å². The molecule has 1 saturated heterocycles. The maximum Gasteiger partial charge on any atom is 0.261 e. The van der Waals surface area contributed by atoms with Gasteiger partial charge >= 0.3 is 0 Å². The van der Waals surface area contributed by atoms with Gasteiger partial charge in [-0.15, -0.1) is 0 Å². The highest BCUT2D eigenvalue weighted by Crippen LogP contribution is 2.24. The van der Waals surface area contributed by atoms with Gasteiger partial charge in [0.2, 0.25) is 0 Å². The smallest absolute Gasteiger partial charge is 0.261 e. The molecular weight excluding hydrogens is 356 g/mol. The molecule has 0 N–H and O–H groups in total. The number of nitrogens with zero attached hydrogens (tertiary/aromatic N) is 2. The Morgan fingerprint density at radius 1 is 1.04 bits per heavy atom. The van der Waals surface area contributed by atoms with Crippen LogP contribution in [-0.4, -0.2) is 66.8 Å². The van der Waals surface area contributed by atoms with Crippen LogP contribution >= 0.6 is 0 Å². The fourth-order valence-electron chi connectivity index (χ4n) is 3.83. The molecule has 28 heavy (non-hydrogen) atoms. The van der Waals surface area contributed by atoms with Crippen LogP contribution in [0.15, 0.2) is 24.3 Å². The summed E-state index contributed by atoms with van der Waals surface area (Å²) in [5.41, 5.74) is 1.07. The summed E-state index contributed by atoms with van der Waals surface area (Å²) < 4.78 is 11.4. The van der Waals surface area contributed by atoms with Crippen LogP contribution in [0.4, 0.5) is 0 Å². The number of rotatable bonds is 10. The van der Waals surface area contributed by atoms with E-state index in [4.69, 9.17) is 9.47 Å². The van der Waals surface area contributed by atoms with Crippen molar-refractivity contribution in [2.75, 3.05) is 33.3 Å². The van der Waals surface area contributed by atoms with Gasteiger partial charge in [0.15, 0.2) is 5.79 Å². The monoisotopic (exact) mass is 388 g/mol. The van der Waals surface area contributed by atoms with Crippen molar-refractivity contribution in [3.63, 3.8) is 0 Å².